The van der Waals surface area contributed by atoms with Crippen molar-refractivity contribution in [3.63, 3.8) is 0 Å². The van der Waals surface area contributed by atoms with Crippen LogP contribution in [-0.2, 0) is 16.1 Å². The first-order valence-electron chi connectivity index (χ1n) is 7.63. The molecule has 0 bridgehead atoms. The van der Waals surface area contributed by atoms with Crippen LogP contribution in [0.3, 0.4) is 0 Å². The van der Waals surface area contributed by atoms with Crippen molar-refractivity contribution in [3.05, 3.63) is 70.2 Å². The molecule has 0 radical (unpaired) electrons. The summed E-state index contributed by atoms with van der Waals surface area (Å²) < 4.78 is 31.9. The standard InChI is InChI=1S/C18H16ClF2NO4/c1-10(23)16(18(25)26-9-11-3-2-4-13(20)7-11)22-17(24)14-8-12(19)5-6-15(14)21/h2-8,10,16,23H,9H2,1H3,(H,22,24)/t10-,16-/m0/s1. The average molecular weight is 384 g/mol. The summed E-state index contributed by atoms with van der Waals surface area (Å²) in [4.78, 5) is 24.3. The van der Waals surface area contributed by atoms with E-state index in [4.69, 9.17) is 16.3 Å². The van der Waals surface area contributed by atoms with Crippen LogP contribution in [0.4, 0.5) is 8.78 Å². The van der Waals surface area contributed by atoms with Crippen molar-refractivity contribution in [3.8, 4) is 0 Å². The molecule has 0 aliphatic heterocycles. The minimum absolute atomic E-state index is 0.138. The maximum Gasteiger partial charge on any atom is 0.331 e. The van der Waals surface area contributed by atoms with Gasteiger partial charge in [-0.25, -0.2) is 13.6 Å². The zero-order valence-corrected chi connectivity index (χ0v) is 14.5. The minimum Gasteiger partial charge on any atom is -0.459 e. The molecule has 0 spiro atoms. The maximum absolute atomic E-state index is 13.7. The van der Waals surface area contributed by atoms with E-state index in [-0.39, 0.29) is 17.2 Å². The number of amides is 1. The second-order valence-electron chi connectivity index (χ2n) is 5.55. The van der Waals surface area contributed by atoms with Crippen molar-refractivity contribution in [2.75, 3.05) is 0 Å². The van der Waals surface area contributed by atoms with Gasteiger partial charge < -0.3 is 15.2 Å². The molecule has 2 N–H and O–H groups in total. The van der Waals surface area contributed by atoms with Gasteiger partial charge in [-0.2, -0.15) is 0 Å². The number of nitrogens with one attached hydrogen (secondary N) is 1. The van der Waals surface area contributed by atoms with Crippen molar-refractivity contribution in [1.29, 1.82) is 0 Å². The molecule has 2 rings (SSSR count). The van der Waals surface area contributed by atoms with Crippen molar-refractivity contribution < 1.29 is 28.2 Å². The van der Waals surface area contributed by atoms with E-state index in [1.54, 1.807) is 6.07 Å². The fourth-order valence-electron chi connectivity index (χ4n) is 2.14. The average Bonchev–Trinajstić information content (AvgIpc) is 2.59. The summed E-state index contributed by atoms with van der Waals surface area (Å²) >= 11 is 5.73. The van der Waals surface area contributed by atoms with Crippen LogP contribution in [-0.4, -0.2) is 29.1 Å². The van der Waals surface area contributed by atoms with E-state index >= 15 is 0 Å². The van der Waals surface area contributed by atoms with Crippen LogP contribution in [0.15, 0.2) is 42.5 Å². The lowest BCUT2D eigenvalue weighted by Gasteiger charge is -2.20. The lowest BCUT2D eigenvalue weighted by molar-refractivity contribution is -0.150. The van der Waals surface area contributed by atoms with E-state index in [2.05, 4.69) is 5.32 Å². The molecule has 5 nitrogen and oxygen atoms in total. The Bertz CT molecular complexity index is 814. The Morgan fingerprint density at radius 1 is 1.23 bits per heavy atom. The minimum atomic E-state index is -1.44. The summed E-state index contributed by atoms with van der Waals surface area (Å²) in [6, 6.07) is 7.37. The van der Waals surface area contributed by atoms with E-state index in [0.29, 0.717) is 5.56 Å². The predicted octanol–water partition coefficient (Wildman–Crippen LogP) is 2.84. The predicted molar refractivity (Wildman–Crippen MR) is 90.5 cm³/mol. The first-order valence-corrected chi connectivity index (χ1v) is 8.01. The monoisotopic (exact) mass is 383 g/mol. The van der Waals surface area contributed by atoms with E-state index in [1.807, 2.05) is 0 Å². The highest BCUT2D eigenvalue weighted by Gasteiger charge is 2.28. The molecule has 8 heteroatoms. The number of hydrogen-bond donors (Lipinski definition) is 2. The van der Waals surface area contributed by atoms with Crippen molar-refractivity contribution >= 4 is 23.5 Å². The topological polar surface area (TPSA) is 75.6 Å². The molecule has 1 amide bonds. The molecule has 0 saturated carbocycles. The summed E-state index contributed by atoms with van der Waals surface area (Å²) in [5.41, 5.74) is 0.0241. The van der Waals surface area contributed by atoms with Gasteiger partial charge in [0.2, 0.25) is 0 Å². The smallest absolute Gasteiger partial charge is 0.331 e. The molecule has 2 atom stereocenters. The van der Waals surface area contributed by atoms with Crippen LogP contribution in [0.5, 0.6) is 0 Å². The van der Waals surface area contributed by atoms with Gasteiger partial charge in [0.1, 0.15) is 18.2 Å². The molecule has 2 aromatic carbocycles. The van der Waals surface area contributed by atoms with Gasteiger partial charge in [-0.15, -0.1) is 0 Å². The van der Waals surface area contributed by atoms with Crippen molar-refractivity contribution in [2.24, 2.45) is 0 Å². The quantitative estimate of drug-likeness (QED) is 0.752. The Morgan fingerprint density at radius 2 is 1.96 bits per heavy atom. The van der Waals surface area contributed by atoms with Crippen LogP contribution in [0, 0.1) is 11.6 Å². The van der Waals surface area contributed by atoms with E-state index < -0.39 is 35.7 Å². The molecule has 0 fully saturated rings. The van der Waals surface area contributed by atoms with Crippen LogP contribution in [0.25, 0.3) is 0 Å². The van der Waals surface area contributed by atoms with Crippen LogP contribution >= 0.6 is 11.6 Å². The van der Waals surface area contributed by atoms with Gasteiger partial charge in [0, 0.05) is 5.02 Å². The Balaban J connectivity index is 2.06. The Morgan fingerprint density at radius 3 is 2.62 bits per heavy atom. The van der Waals surface area contributed by atoms with Gasteiger partial charge in [0.05, 0.1) is 11.7 Å². The second kappa shape index (κ2) is 8.73. The van der Waals surface area contributed by atoms with Gasteiger partial charge in [0.15, 0.2) is 6.04 Å². The van der Waals surface area contributed by atoms with E-state index in [9.17, 15) is 23.5 Å². The third-order valence-electron chi connectivity index (χ3n) is 3.47. The number of esters is 1. The first kappa shape index (κ1) is 19.8. The molecule has 138 valence electrons. The molecule has 2 aromatic rings. The van der Waals surface area contributed by atoms with E-state index in [1.165, 1.54) is 31.2 Å². The summed E-state index contributed by atoms with van der Waals surface area (Å²) in [6.07, 6.45) is -1.30. The van der Waals surface area contributed by atoms with Crippen LogP contribution in [0.1, 0.15) is 22.8 Å². The fraction of sp³-hybridized carbons (Fsp3) is 0.222. The molecule has 0 unspecified atom stereocenters. The Kier molecular flexibility index (Phi) is 6.65. The number of hydrogen-bond acceptors (Lipinski definition) is 4. The highest BCUT2D eigenvalue weighted by atomic mass is 35.5. The molecule has 0 aliphatic rings. The largest absolute Gasteiger partial charge is 0.459 e. The molecular weight excluding hydrogens is 368 g/mol. The number of carbonyl (C=O) groups excluding carboxylic acids is 2. The fourth-order valence-corrected chi connectivity index (χ4v) is 2.31. The number of ether oxygens (including phenoxy) is 1. The molecule has 0 saturated heterocycles. The molecule has 0 heterocycles. The molecule has 26 heavy (non-hydrogen) atoms. The third-order valence-corrected chi connectivity index (χ3v) is 3.70. The zero-order chi connectivity index (χ0) is 19.3. The highest BCUT2D eigenvalue weighted by molar-refractivity contribution is 6.31. The third kappa shape index (κ3) is 5.24. The Labute approximate surface area is 153 Å². The first-order chi connectivity index (χ1) is 12.3. The van der Waals surface area contributed by atoms with Crippen LogP contribution < -0.4 is 5.32 Å². The van der Waals surface area contributed by atoms with Crippen molar-refractivity contribution in [2.45, 2.75) is 25.7 Å². The number of aliphatic hydroxyl groups excluding tert-OH is 1. The maximum atomic E-state index is 13.7. The van der Waals surface area contributed by atoms with Crippen molar-refractivity contribution in [1.82, 2.24) is 5.32 Å². The summed E-state index contributed by atoms with van der Waals surface area (Å²) in [7, 11) is 0. The summed E-state index contributed by atoms with van der Waals surface area (Å²) in [6.45, 7) is 1.02. The normalized spacial score (nSPS) is 13.0. The van der Waals surface area contributed by atoms with Gasteiger partial charge >= 0.3 is 5.97 Å². The number of benzene rings is 2. The SMILES string of the molecule is C[C@H](O)[C@H](NC(=O)c1cc(Cl)ccc1F)C(=O)OCc1cccc(F)c1. The summed E-state index contributed by atoms with van der Waals surface area (Å²) in [5, 5.41) is 12.1. The van der Waals surface area contributed by atoms with Crippen LogP contribution in [0.2, 0.25) is 5.02 Å². The number of aliphatic hydroxyl groups is 1. The lowest BCUT2D eigenvalue weighted by Crippen LogP contribution is -2.48. The molecule has 0 aliphatic carbocycles. The molecular formula is C18H16ClF2NO4. The summed E-state index contributed by atoms with van der Waals surface area (Å²) in [5.74, 6) is -3.20. The van der Waals surface area contributed by atoms with Gasteiger partial charge in [-0.05, 0) is 42.8 Å². The second-order valence-corrected chi connectivity index (χ2v) is 5.99. The Hall–Kier alpha value is -2.51. The van der Waals surface area contributed by atoms with Gasteiger partial charge in [-0.1, -0.05) is 23.7 Å². The van der Waals surface area contributed by atoms with E-state index in [0.717, 1.165) is 12.1 Å². The van der Waals surface area contributed by atoms with Gasteiger partial charge in [-0.3, -0.25) is 4.79 Å². The number of carbonyl (C=O) groups is 2. The number of halogens is 3. The van der Waals surface area contributed by atoms with Gasteiger partial charge in [0.25, 0.3) is 5.91 Å². The molecule has 0 aromatic heterocycles. The zero-order valence-electron chi connectivity index (χ0n) is 13.7. The lowest BCUT2D eigenvalue weighted by atomic mass is 10.1. The highest BCUT2D eigenvalue weighted by Crippen LogP contribution is 2.15. The number of rotatable bonds is 6.